The molecule has 0 radical (unpaired) electrons. The smallest absolute Gasteiger partial charge is 0.326 e. The molecule has 1 saturated carbocycles. The van der Waals surface area contributed by atoms with E-state index >= 15 is 0 Å². The maximum atomic E-state index is 11.8. The van der Waals surface area contributed by atoms with Crippen LogP contribution in [0.15, 0.2) is 0 Å². The molecule has 0 heterocycles. The van der Waals surface area contributed by atoms with E-state index in [0.717, 1.165) is 25.0 Å². The quantitative estimate of drug-likeness (QED) is 0.524. The van der Waals surface area contributed by atoms with Crippen LogP contribution in [0.4, 0.5) is 4.79 Å². The van der Waals surface area contributed by atoms with Gasteiger partial charge < -0.3 is 21.5 Å². The molecule has 0 bridgehead atoms. The molecule has 0 aromatic carbocycles. The van der Waals surface area contributed by atoms with Gasteiger partial charge in [-0.05, 0) is 31.4 Å². The van der Waals surface area contributed by atoms with Gasteiger partial charge in [-0.3, -0.25) is 4.79 Å². The second-order valence-corrected chi connectivity index (χ2v) is 6.68. The lowest BCUT2D eigenvalue weighted by atomic mass is 10.1. The van der Waals surface area contributed by atoms with E-state index in [9.17, 15) is 14.4 Å². The van der Waals surface area contributed by atoms with Gasteiger partial charge in [0.25, 0.3) is 0 Å². The molecule has 21 heavy (non-hydrogen) atoms. The second-order valence-electron chi connectivity index (χ2n) is 5.10. The molecule has 1 aliphatic rings. The molecule has 1 fully saturated rings. The van der Waals surface area contributed by atoms with Crippen molar-refractivity contribution in [3.8, 4) is 0 Å². The van der Waals surface area contributed by atoms with E-state index in [4.69, 9.17) is 10.8 Å². The number of nitrogens with two attached hydrogens (primary N) is 1. The molecule has 2 unspecified atom stereocenters. The minimum absolute atomic E-state index is 0.00291. The summed E-state index contributed by atoms with van der Waals surface area (Å²) in [6.45, 7) is 2.11. The zero-order valence-corrected chi connectivity index (χ0v) is 12.9. The number of hydrogen-bond acceptors (Lipinski definition) is 4. The van der Waals surface area contributed by atoms with E-state index in [0.29, 0.717) is 5.25 Å². The predicted octanol–water partition coefficient (Wildman–Crippen LogP) is 0.679. The Kier molecular flexibility index (Phi) is 7.35. The summed E-state index contributed by atoms with van der Waals surface area (Å²) in [7, 11) is 0. The van der Waals surface area contributed by atoms with Gasteiger partial charge in [-0.1, -0.05) is 6.92 Å². The second kappa shape index (κ2) is 8.76. The first-order valence-corrected chi connectivity index (χ1v) is 8.17. The van der Waals surface area contributed by atoms with E-state index in [-0.39, 0.29) is 18.9 Å². The Morgan fingerprint density at radius 1 is 1.38 bits per heavy atom. The normalized spacial score (nSPS) is 22.5. The Morgan fingerprint density at radius 2 is 2.10 bits per heavy atom. The van der Waals surface area contributed by atoms with E-state index in [2.05, 4.69) is 17.6 Å². The van der Waals surface area contributed by atoms with Crippen molar-refractivity contribution in [3.05, 3.63) is 0 Å². The monoisotopic (exact) mass is 317 g/mol. The van der Waals surface area contributed by atoms with Crippen molar-refractivity contribution in [2.45, 2.75) is 56.4 Å². The largest absolute Gasteiger partial charge is 0.480 e. The first kappa shape index (κ1) is 17.6. The minimum atomic E-state index is -1.17. The number of carboxylic acids is 1. The number of primary amides is 1. The zero-order chi connectivity index (χ0) is 15.8. The van der Waals surface area contributed by atoms with Gasteiger partial charge in [-0.15, -0.1) is 0 Å². The zero-order valence-electron chi connectivity index (χ0n) is 12.1. The van der Waals surface area contributed by atoms with Crippen molar-refractivity contribution in [2.24, 2.45) is 5.73 Å². The maximum absolute atomic E-state index is 11.8. The average Bonchev–Trinajstić information content (AvgIpc) is 2.81. The average molecular weight is 317 g/mol. The number of carbonyl (C=O) groups is 3. The van der Waals surface area contributed by atoms with Crippen molar-refractivity contribution >= 4 is 29.7 Å². The third kappa shape index (κ3) is 6.70. The SMILES string of the molecule is CCSC1CCC(NC(=O)N[C@@H](CCC(N)=O)C(=O)O)C1. The Balaban J connectivity index is 2.37. The molecule has 120 valence electrons. The van der Waals surface area contributed by atoms with Crippen molar-refractivity contribution < 1.29 is 19.5 Å². The molecule has 1 rings (SSSR count). The molecule has 0 aromatic rings. The molecular formula is C13H23N3O4S. The number of thioether (sulfide) groups is 1. The van der Waals surface area contributed by atoms with E-state index in [1.165, 1.54) is 0 Å². The van der Waals surface area contributed by atoms with Crippen LogP contribution >= 0.6 is 11.8 Å². The number of urea groups is 1. The van der Waals surface area contributed by atoms with E-state index in [1.807, 2.05) is 11.8 Å². The van der Waals surface area contributed by atoms with Gasteiger partial charge in [-0.25, -0.2) is 9.59 Å². The summed E-state index contributed by atoms with van der Waals surface area (Å²) in [6, 6.07) is -1.52. The van der Waals surface area contributed by atoms with Crippen molar-refractivity contribution in [1.82, 2.24) is 10.6 Å². The Hall–Kier alpha value is -1.44. The van der Waals surface area contributed by atoms with Gasteiger partial charge in [-0.2, -0.15) is 11.8 Å². The molecule has 8 heteroatoms. The fourth-order valence-corrected chi connectivity index (χ4v) is 3.53. The van der Waals surface area contributed by atoms with Gasteiger partial charge in [0.15, 0.2) is 0 Å². The molecule has 0 saturated heterocycles. The molecular weight excluding hydrogens is 294 g/mol. The third-order valence-corrected chi connectivity index (χ3v) is 4.64. The molecule has 0 aromatic heterocycles. The first-order chi connectivity index (χ1) is 9.92. The molecule has 7 nitrogen and oxygen atoms in total. The number of hydrogen-bond donors (Lipinski definition) is 4. The van der Waals surface area contributed by atoms with Crippen LogP contribution in [0.5, 0.6) is 0 Å². The molecule has 5 N–H and O–H groups in total. The third-order valence-electron chi connectivity index (χ3n) is 3.40. The highest BCUT2D eigenvalue weighted by Crippen LogP contribution is 2.29. The molecule has 0 spiro atoms. The minimum Gasteiger partial charge on any atom is -0.480 e. The highest BCUT2D eigenvalue weighted by molar-refractivity contribution is 7.99. The summed E-state index contributed by atoms with van der Waals surface area (Å²) in [6.07, 6.45) is 2.80. The topological polar surface area (TPSA) is 122 Å². The number of nitrogens with one attached hydrogen (secondary N) is 2. The Labute approximate surface area is 128 Å². The summed E-state index contributed by atoms with van der Waals surface area (Å²) in [5.74, 6) is -0.700. The van der Waals surface area contributed by atoms with E-state index in [1.54, 1.807) is 0 Å². The number of carbonyl (C=O) groups excluding carboxylic acids is 2. The van der Waals surface area contributed by atoms with Crippen LogP contribution in [-0.4, -0.2) is 46.1 Å². The summed E-state index contributed by atoms with van der Waals surface area (Å²) < 4.78 is 0. The lowest BCUT2D eigenvalue weighted by molar-refractivity contribution is -0.139. The van der Waals surface area contributed by atoms with Crippen LogP contribution in [0, 0.1) is 0 Å². The molecule has 1 aliphatic carbocycles. The molecule has 3 atom stereocenters. The van der Waals surface area contributed by atoms with Gasteiger partial charge in [0, 0.05) is 17.7 Å². The highest BCUT2D eigenvalue weighted by atomic mass is 32.2. The summed E-state index contributed by atoms with van der Waals surface area (Å²) in [5, 5.41) is 14.7. The van der Waals surface area contributed by atoms with Crippen LogP contribution in [0.25, 0.3) is 0 Å². The van der Waals surface area contributed by atoms with Crippen molar-refractivity contribution in [2.75, 3.05) is 5.75 Å². The van der Waals surface area contributed by atoms with Crippen molar-refractivity contribution in [1.29, 1.82) is 0 Å². The summed E-state index contributed by atoms with van der Waals surface area (Å²) in [4.78, 5) is 33.5. The molecule has 0 aliphatic heterocycles. The van der Waals surface area contributed by atoms with Crippen LogP contribution in [0.1, 0.15) is 39.0 Å². The van der Waals surface area contributed by atoms with Gasteiger partial charge >= 0.3 is 12.0 Å². The van der Waals surface area contributed by atoms with Crippen LogP contribution in [0.2, 0.25) is 0 Å². The van der Waals surface area contributed by atoms with Crippen molar-refractivity contribution in [3.63, 3.8) is 0 Å². The first-order valence-electron chi connectivity index (χ1n) is 7.12. The van der Waals surface area contributed by atoms with Crippen LogP contribution < -0.4 is 16.4 Å². The summed E-state index contributed by atoms with van der Waals surface area (Å²) in [5.41, 5.74) is 4.98. The number of amides is 3. The van der Waals surface area contributed by atoms with E-state index < -0.39 is 23.9 Å². The van der Waals surface area contributed by atoms with Crippen LogP contribution in [0.3, 0.4) is 0 Å². The predicted molar refractivity (Wildman–Crippen MR) is 81.1 cm³/mol. The lowest BCUT2D eigenvalue weighted by Gasteiger charge is -2.17. The number of aliphatic carboxylic acids is 1. The lowest BCUT2D eigenvalue weighted by Crippen LogP contribution is -2.48. The van der Waals surface area contributed by atoms with Gasteiger partial charge in [0.1, 0.15) is 6.04 Å². The maximum Gasteiger partial charge on any atom is 0.326 e. The van der Waals surface area contributed by atoms with Gasteiger partial charge in [0.05, 0.1) is 0 Å². The Morgan fingerprint density at radius 3 is 2.67 bits per heavy atom. The standard InChI is InChI=1S/C13H23N3O4S/c1-2-21-9-4-3-8(7-9)15-13(20)16-10(12(18)19)5-6-11(14)17/h8-10H,2-7H2,1H3,(H2,14,17)(H,18,19)(H2,15,16,20)/t8?,9?,10-/m0/s1. The van der Waals surface area contributed by atoms with Gasteiger partial charge in [0.2, 0.25) is 5.91 Å². The fourth-order valence-electron chi connectivity index (χ4n) is 2.39. The number of carboxylic acid groups (broad SMARTS) is 1. The molecule has 3 amide bonds. The Bertz CT molecular complexity index is 392. The summed E-state index contributed by atoms with van der Waals surface area (Å²) >= 11 is 1.88. The fraction of sp³-hybridized carbons (Fsp3) is 0.769. The highest BCUT2D eigenvalue weighted by Gasteiger charge is 2.27. The van der Waals surface area contributed by atoms with Crippen LogP contribution in [-0.2, 0) is 9.59 Å². The number of rotatable bonds is 8.